The van der Waals surface area contributed by atoms with Gasteiger partial charge in [-0.3, -0.25) is 0 Å². The van der Waals surface area contributed by atoms with Crippen molar-refractivity contribution in [1.29, 1.82) is 0 Å². The van der Waals surface area contributed by atoms with Gasteiger partial charge in [0.1, 0.15) is 0 Å². The van der Waals surface area contributed by atoms with E-state index < -0.39 is 15.6 Å². The van der Waals surface area contributed by atoms with Crippen LogP contribution in [0.3, 0.4) is 0 Å². The van der Waals surface area contributed by atoms with Gasteiger partial charge in [0.25, 0.3) is 0 Å². The van der Waals surface area contributed by atoms with Crippen molar-refractivity contribution in [2.45, 2.75) is 52.7 Å². The number of nitrogens with two attached hydrogens (primary N) is 1. The van der Waals surface area contributed by atoms with Gasteiger partial charge >= 0.3 is 0 Å². The molecule has 0 radical (unpaired) electrons. The molecule has 1 atom stereocenters. The lowest BCUT2D eigenvalue weighted by Crippen LogP contribution is -2.54. The van der Waals surface area contributed by atoms with Crippen molar-refractivity contribution in [3.8, 4) is 0 Å². The second kappa shape index (κ2) is 7.43. The van der Waals surface area contributed by atoms with Crippen LogP contribution in [0.1, 0.15) is 41.0 Å². The summed E-state index contributed by atoms with van der Waals surface area (Å²) in [5.41, 5.74) is 5.22. The highest BCUT2D eigenvalue weighted by atomic mass is 32.2. The van der Waals surface area contributed by atoms with E-state index in [2.05, 4.69) is 0 Å². The zero-order chi connectivity index (χ0) is 14.4. The normalized spacial score (nSPS) is 16.2. The summed E-state index contributed by atoms with van der Waals surface area (Å²) in [6.45, 7) is 10.4. The summed E-state index contributed by atoms with van der Waals surface area (Å²) < 4.78 is 31.4. The quantitative estimate of drug-likeness (QED) is 0.688. The summed E-state index contributed by atoms with van der Waals surface area (Å²) in [6.07, 6.45) is 0.740. The molecule has 0 fully saturated rings. The van der Waals surface area contributed by atoms with Crippen molar-refractivity contribution < 1.29 is 13.2 Å². The van der Waals surface area contributed by atoms with Gasteiger partial charge < -0.3 is 10.5 Å². The summed E-state index contributed by atoms with van der Waals surface area (Å²) in [6, 6.07) is 0. The molecular formula is C12H28N2O3S. The topological polar surface area (TPSA) is 72.6 Å². The van der Waals surface area contributed by atoms with E-state index in [1.54, 1.807) is 0 Å². The van der Waals surface area contributed by atoms with Gasteiger partial charge in [-0.2, -0.15) is 4.31 Å². The maximum absolute atomic E-state index is 12.3. The molecule has 0 aliphatic carbocycles. The minimum absolute atomic E-state index is 0.00854. The molecule has 0 aliphatic rings. The van der Waals surface area contributed by atoms with Crippen LogP contribution >= 0.6 is 0 Å². The molecule has 0 aromatic heterocycles. The van der Waals surface area contributed by atoms with E-state index in [0.29, 0.717) is 19.5 Å². The Morgan fingerprint density at radius 2 is 1.89 bits per heavy atom. The Balaban J connectivity index is 4.82. The van der Waals surface area contributed by atoms with Gasteiger partial charge in [0.2, 0.25) is 10.0 Å². The van der Waals surface area contributed by atoms with Gasteiger partial charge in [-0.05, 0) is 27.2 Å². The van der Waals surface area contributed by atoms with Crippen LogP contribution in [0.25, 0.3) is 0 Å². The molecule has 0 saturated heterocycles. The summed E-state index contributed by atoms with van der Waals surface area (Å²) >= 11 is 0. The Hall–Kier alpha value is -0.170. The maximum Gasteiger partial charge on any atom is 0.216 e. The molecule has 0 bridgehead atoms. The van der Waals surface area contributed by atoms with Gasteiger partial charge in [-0.1, -0.05) is 13.8 Å². The molecule has 0 heterocycles. The van der Waals surface area contributed by atoms with Crippen LogP contribution in [0.2, 0.25) is 0 Å². The van der Waals surface area contributed by atoms with Crippen molar-refractivity contribution in [2.75, 3.05) is 25.4 Å². The molecule has 0 rings (SSSR count). The van der Waals surface area contributed by atoms with Gasteiger partial charge in [-0.15, -0.1) is 0 Å². The highest BCUT2D eigenvalue weighted by Gasteiger charge is 2.36. The van der Waals surface area contributed by atoms with Gasteiger partial charge in [0, 0.05) is 18.6 Å². The average molecular weight is 280 g/mol. The average Bonchev–Trinajstić information content (AvgIpc) is 2.28. The summed E-state index contributed by atoms with van der Waals surface area (Å²) in [7, 11) is -3.32. The molecule has 1 unspecified atom stereocenters. The number of hydrogen-bond acceptors (Lipinski definition) is 4. The molecule has 0 spiro atoms. The molecule has 0 saturated carbocycles. The fraction of sp³-hybridized carbons (Fsp3) is 1.00. The molecule has 0 aromatic carbocycles. The highest BCUT2D eigenvalue weighted by Crippen LogP contribution is 2.22. The van der Waals surface area contributed by atoms with Crippen molar-refractivity contribution >= 4 is 10.0 Å². The second-order valence-corrected chi connectivity index (χ2v) is 6.97. The number of hydrogen-bond donors (Lipinski definition) is 1. The van der Waals surface area contributed by atoms with E-state index in [0.717, 1.165) is 0 Å². The third-order valence-corrected chi connectivity index (χ3v) is 5.27. The molecule has 5 nitrogen and oxygen atoms in total. The Morgan fingerprint density at radius 3 is 2.22 bits per heavy atom. The zero-order valence-electron chi connectivity index (χ0n) is 12.3. The summed E-state index contributed by atoms with van der Waals surface area (Å²) in [4.78, 5) is 0. The summed E-state index contributed by atoms with van der Waals surface area (Å²) in [5, 5.41) is 0. The fourth-order valence-corrected chi connectivity index (χ4v) is 3.63. The van der Waals surface area contributed by atoms with Crippen LogP contribution < -0.4 is 5.73 Å². The lowest BCUT2D eigenvalue weighted by atomic mass is 9.99. The van der Waals surface area contributed by atoms with E-state index in [1.165, 1.54) is 4.31 Å². The minimum Gasteiger partial charge on any atom is -0.378 e. The molecule has 6 heteroatoms. The van der Waals surface area contributed by atoms with Gasteiger partial charge in [0.15, 0.2) is 0 Å². The Bertz CT molecular complexity index is 324. The van der Waals surface area contributed by atoms with E-state index in [4.69, 9.17) is 10.5 Å². The second-order valence-electron chi connectivity index (χ2n) is 4.95. The van der Waals surface area contributed by atoms with Gasteiger partial charge in [0.05, 0.1) is 18.5 Å². The van der Waals surface area contributed by atoms with E-state index in [-0.39, 0.29) is 18.5 Å². The monoisotopic (exact) mass is 280 g/mol. The molecule has 2 N–H and O–H groups in total. The molecule has 0 amide bonds. The number of likely N-dealkylation sites (N-methyl/N-ethyl adjacent to an activating group) is 1. The van der Waals surface area contributed by atoms with Crippen molar-refractivity contribution in [3.63, 3.8) is 0 Å². The minimum atomic E-state index is -3.32. The first-order valence-corrected chi connectivity index (χ1v) is 8.16. The molecular weight excluding hydrogens is 252 g/mol. The number of sulfonamides is 1. The van der Waals surface area contributed by atoms with Crippen molar-refractivity contribution in [1.82, 2.24) is 4.31 Å². The van der Waals surface area contributed by atoms with Crippen LogP contribution in [0.15, 0.2) is 0 Å². The van der Waals surface area contributed by atoms with E-state index in [9.17, 15) is 8.42 Å². The largest absolute Gasteiger partial charge is 0.378 e. The first-order valence-electron chi connectivity index (χ1n) is 6.55. The molecule has 18 heavy (non-hydrogen) atoms. The van der Waals surface area contributed by atoms with Crippen LogP contribution in [-0.4, -0.2) is 49.8 Å². The van der Waals surface area contributed by atoms with Crippen molar-refractivity contribution in [3.05, 3.63) is 0 Å². The van der Waals surface area contributed by atoms with Crippen molar-refractivity contribution in [2.24, 2.45) is 5.73 Å². The highest BCUT2D eigenvalue weighted by molar-refractivity contribution is 7.89. The first-order chi connectivity index (χ1) is 8.23. The molecule has 110 valence electrons. The standard InChI is InChI=1S/C12H28N2O3S/c1-6-12(5,10-13)14(7-2)18(15,16)9-8-17-11(3)4/h11H,6-10,13H2,1-5H3. The van der Waals surface area contributed by atoms with Crippen LogP contribution in [0.5, 0.6) is 0 Å². The number of rotatable bonds is 9. The lowest BCUT2D eigenvalue weighted by Gasteiger charge is -2.38. The zero-order valence-corrected chi connectivity index (χ0v) is 13.1. The Morgan fingerprint density at radius 1 is 1.33 bits per heavy atom. The SMILES string of the molecule is CCN(C(C)(CC)CN)S(=O)(=O)CCOC(C)C. The van der Waals surface area contributed by atoms with Crippen LogP contribution in [0.4, 0.5) is 0 Å². The number of ether oxygens (including phenoxy) is 1. The Kier molecular flexibility index (Phi) is 7.36. The number of nitrogens with zero attached hydrogens (tertiary/aromatic N) is 1. The smallest absolute Gasteiger partial charge is 0.216 e. The van der Waals surface area contributed by atoms with E-state index in [1.807, 2.05) is 34.6 Å². The lowest BCUT2D eigenvalue weighted by molar-refractivity contribution is 0.0899. The predicted molar refractivity (Wildman–Crippen MR) is 75.0 cm³/mol. The summed E-state index contributed by atoms with van der Waals surface area (Å²) in [5.74, 6) is 0.00854. The molecule has 0 aliphatic heterocycles. The Labute approximate surface area is 112 Å². The third kappa shape index (κ3) is 4.84. The van der Waals surface area contributed by atoms with Gasteiger partial charge in [-0.25, -0.2) is 8.42 Å². The fourth-order valence-electron chi connectivity index (χ4n) is 1.84. The van der Waals surface area contributed by atoms with E-state index >= 15 is 0 Å². The third-order valence-electron chi connectivity index (χ3n) is 3.22. The first kappa shape index (κ1) is 17.8. The predicted octanol–water partition coefficient (Wildman–Crippen LogP) is 1.19. The molecule has 0 aromatic rings. The van der Waals surface area contributed by atoms with Crippen LogP contribution in [-0.2, 0) is 14.8 Å². The maximum atomic E-state index is 12.3. The van der Waals surface area contributed by atoms with Crippen LogP contribution in [0, 0.1) is 0 Å².